The Hall–Kier alpha value is -2.45. The molecule has 8 heteroatoms. The lowest BCUT2D eigenvalue weighted by atomic mass is 10.0. The van der Waals surface area contributed by atoms with Gasteiger partial charge in [-0.1, -0.05) is 0 Å². The summed E-state index contributed by atoms with van der Waals surface area (Å²) in [6.07, 6.45) is 0.507. The zero-order valence-electron chi connectivity index (χ0n) is 9.31. The molecule has 3 rings (SSSR count). The number of fused-ring (bicyclic) bond motifs is 2. The van der Waals surface area contributed by atoms with Crippen LogP contribution in [0.25, 0.3) is 0 Å². The van der Waals surface area contributed by atoms with E-state index in [1.807, 2.05) is 0 Å². The second-order valence-electron chi connectivity index (χ2n) is 4.15. The number of esters is 2. The highest BCUT2D eigenvalue weighted by Crippen LogP contribution is 2.40. The number of hydroxylamine groups is 2. The number of cyclic esters (lactones) is 2. The van der Waals surface area contributed by atoms with Gasteiger partial charge in [0.25, 0.3) is 0 Å². The average Bonchev–Trinajstić information content (AvgIpc) is 2.70. The van der Waals surface area contributed by atoms with Crippen LogP contribution in [0.2, 0.25) is 0 Å². The number of nitrogens with zero attached hydrogens (tertiary/aromatic N) is 2. The van der Waals surface area contributed by atoms with Crippen molar-refractivity contribution < 1.29 is 19.1 Å². The van der Waals surface area contributed by atoms with E-state index in [4.69, 9.17) is 0 Å². The van der Waals surface area contributed by atoms with E-state index >= 15 is 0 Å². The Labute approximate surface area is 106 Å². The highest BCUT2D eigenvalue weighted by Gasteiger charge is 2.49. The fourth-order valence-electron chi connectivity index (χ4n) is 2.20. The molecular formula is C11H6N2O6-2. The molecule has 0 N–H and O–H groups in total. The second-order valence-corrected chi connectivity index (χ2v) is 4.15. The maximum Gasteiger partial charge on any atom is 0.338 e. The van der Waals surface area contributed by atoms with E-state index in [0.29, 0.717) is 6.29 Å². The molecule has 2 aliphatic rings. The van der Waals surface area contributed by atoms with Crippen molar-refractivity contribution in [1.29, 1.82) is 0 Å². The molecule has 0 aromatic heterocycles. The van der Waals surface area contributed by atoms with Gasteiger partial charge in [0.15, 0.2) is 0 Å². The van der Waals surface area contributed by atoms with Crippen LogP contribution in [0.5, 0.6) is 0 Å². The van der Waals surface area contributed by atoms with Crippen LogP contribution in [0.4, 0.5) is 11.4 Å². The number of hydrogen-bond donors (Lipinski definition) is 0. The van der Waals surface area contributed by atoms with Crippen LogP contribution in [0.15, 0.2) is 18.2 Å². The van der Waals surface area contributed by atoms with Crippen molar-refractivity contribution in [3.05, 3.63) is 34.2 Å². The van der Waals surface area contributed by atoms with Gasteiger partial charge in [0.2, 0.25) is 0 Å². The molecule has 2 atom stereocenters. The van der Waals surface area contributed by atoms with Crippen molar-refractivity contribution in [3.8, 4) is 0 Å². The first-order chi connectivity index (χ1) is 9.04. The summed E-state index contributed by atoms with van der Waals surface area (Å²) in [6.45, 7) is 0. The lowest BCUT2D eigenvalue weighted by Gasteiger charge is -2.50. The molecule has 1 aromatic carbocycles. The molecular weight excluding hydrogens is 256 g/mol. The molecule has 1 aromatic rings. The minimum absolute atomic E-state index is 0.0755. The van der Waals surface area contributed by atoms with Gasteiger partial charge in [-0.15, -0.1) is 0 Å². The third-order valence-corrected chi connectivity index (χ3v) is 3.10. The van der Waals surface area contributed by atoms with E-state index < -0.39 is 24.0 Å². The zero-order chi connectivity index (χ0) is 13.7. The first-order valence-electron chi connectivity index (χ1n) is 5.32. The number of hydrogen-bond acceptors (Lipinski definition) is 8. The molecule has 2 heterocycles. The summed E-state index contributed by atoms with van der Waals surface area (Å²) < 4.78 is 4.31. The molecule has 0 spiro atoms. The monoisotopic (exact) mass is 262 g/mol. The number of benzene rings is 1. The SMILES string of the molecule is O=Cc1ccc2c(c1)N([O-])C1C(=O)OC(=O)C1N2[O-]. The van der Waals surface area contributed by atoms with E-state index in [0.717, 1.165) is 0 Å². The summed E-state index contributed by atoms with van der Waals surface area (Å²) >= 11 is 0. The van der Waals surface area contributed by atoms with Gasteiger partial charge < -0.3 is 25.3 Å². The molecule has 0 bridgehead atoms. The third-order valence-electron chi connectivity index (χ3n) is 3.10. The topological polar surface area (TPSA) is 113 Å². The smallest absolute Gasteiger partial charge is 0.338 e. The van der Waals surface area contributed by atoms with Crippen LogP contribution in [0, 0.1) is 10.4 Å². The third kappa shape index (κ3) is 1.44. The molecule has 19 heavy (non-hydrogen) atoms. The number of carbonyl (C=O) groups is 3. The van der Waals surface area contributed by atoms with Crippen LogP contribution in [0.1, 0.15) is 10.4 Å². The quantitative estimate of drug-likeness (QED) is 0.393. The van der Waals surface area contributed by atoms with E-state index in [1.165, 1.54) is 18.2 Å². The molecule has 1 fully saturated rings. The van der Waals surface area contributed by atoms with Gasteiger partial charge in [-0.25, -0.2) is 9.59 Å². The summed E-state index contributed by atoms with van der Waals surface area (Å²) in [5.74, 6) is -2.11. The van der Waals surface area contributed by atoms with Crippen molar-refractivity contribution in [1.82, 2.24) is 0 Å². The Morgan fingerprint density at radius 3 is 2.21 bits per heavy atom. The van der Waals surface area contributed by atoms with E-state index in [9.17, 15) is 24.8 Å². The molecule has 2 aliphatic heterocycles. The van der Waals surface area contributed by atoms with Gasteiger partial charge in [0.05, 0.1) is 5.69 Å². The summed E-state index contributed by atoms with van der Waals surface area (Å²) in [6, 6.07) is 0.752. The standard InChI is InChI=1S/C11H6N2O6/c14-4-5-1-2-6-7(3-5)13(18)9-8(12(6)17)10(15)19-11(9)16/h1-4,8-9H/q-2. The van der Waals surface area contributed by atoms with Crippen molar-refractivity contribution in [2.24, 2.45) is 0 Å². The largest absolute Gasteiger partial charge is 0.758 e. The Kier molecular flexibility index (Phi) is 2.31. The minimum Gasteiger partial charge on any atom is -0.758 e. The minimum atomic E-state index is -1.53. The van der Waals surface area contributed by atoms with Crippen molar-refractivity contribution in [3.63, 3.8) is 0 Å². The van der Waals surface area contributed by atoms with E-state index in [2.05, 4.69) is 4.74 Å². The van der Waals surface area contributed by atoms with Crippen molar-refractivity contribution >= 4 is 29.6 Å². The van der Waals surface area contributed by atoms with Crippen molar-refractivity contribution in [2.75, 3.05) is 10.1 Å². The lowest BCUT2D eigenvalue weighted by molar-refractivity contribution is -0.152. The zero-order valence-corrected chi connectivity index (χ0v) is 9.31. The average molecular weight is 262 g/mol. The summed E-state index contributed by atoms with van der Waals surface area (Å²) in [5, 5.41) is 24.6. The number of aldehydes is 1. The van der Waals surface area contributed by atoms with E-state index in [1.54, 1.807) is 0 Å². The second kappa shape index (κ2) is 3.77. The van der Waals surface area contributed by atoms with Gasteiger partial charge >= 0.3 is 11.9 Å². The predicted octanol–water partition coefficient (Wildman–Crippen LogP) is -0.0583. The van der Waals surface area contributed by atoms with Crippen molar-refractivity contribution in [2.45, 2.75) is 12.1 Å². The Bertz CT molecular complexity index is 601. The molecule has 1 saturated heterocycles. The molecule has 0 radical (unpaired) electrons. The van der Waals surface area contributed by atoms with Crippen LogP contribution in [-0.2, 0) is 14.3 Å². The fraction of sp³-hybridized carbons (Fsp3) is 0.182. The normalized spacial score (nSPS) is 24.9. The number of ether oxygens (including phenoxy) is 1. The molecule has 8 nitrogen and oxygen atoms in total. The molecule has 0 aliphatic carbocycles. The number of carbonyl (C=O) groups excluding carboxylic acids is 3. The molecule has 2 unspecified atom stereocenters. The van der Waals surface area contributed by atoms with Crippen LogP contribution in [0.3, 0.4) is 0 Å². The van der Waals surface area contributed by atoms with E-state index in [-0.39, 0.29) is 27.1 Å². The summed E-state index contributed by atoms with van der Waals surface area (Å²) in [5.41, 5.74) is -0.0230. The molecule has 0 amide bonds. The Morgan fingerprint density at radius 2 is 1.63 bits per heavy atom. The van der Waals surface area contributed by atoms with Gasteiger partial charge in [0.1, 0.15) is 18.4 Å². The lowest BCUT2D eigenvalue weighted by Crippen LogP contribution is -2.54. The number of rotatable bonds is 1. The maximum absolute atomic E-state index is 12.0. The van der Waals surface area contributed by atoms with Gasteiger partial charge in [-0.05, 0) is 18.2 Å². The van der Waals surface area contributed by atoms with Crippen LogP contribution >= 0.6 is 0 Å². The van der Waals surface area contributed by atoms with Gasteiger partial charge in [-0.2, -0.15) is 0 Å². The number of anilines is 2. The van der Waals surface area contributed by atoms with Crippen LogP contribution < -0.4 is 10.1 Å². The molecule has 98 valence electrons. The van der Waals surface area contributed by atoms with Crippen LogP contribution in [-0.4, -0.2) is 30.3 Å². The highest BCUT2D eigenvalue weighted by atomic mass is 16.6. The Balaban J connectivity index is 2.16. The molecule has 0 saturated carbocycles. The highest BCUT2D eigenvalue weighted by molar-refractivity contribution is 6.07. The first-order valence-corrected chi connectivity index (χ1v) is 5.32. The van der Waals surface area contributed by atoms with Gasteiger partial charge in [-0.3, -0.25) is 4.79 Å². The maximum atomic E-state index is 12.0. The Morgan fingerprint density at radius 1 is 1.05 bits per heavy atom. The fourth-order valence-corrected chi connectivity index (χ4v) is 2.20. The predicted molar refractivity (Wildman–Crippen MR) is 62.2 cm³/mol. The first kappa shape index (κ1) is 11.6. The summed E-state index contributed by atoms with van der Waals surface area (Å²) in [4.78, 5) is 33.5. The summed E-state index contributed by atoms with van der Waals surface area (Å²) in [7, 11) is 0. The van der Waals surface area contributed by atoms with Gasteiger partial charge in [0, 0.05) is 11.3 Å².